The minimum atomic E-state index is 0.152. The van der Waals surface area contributed by atoms with Gasteiger partial charge in [0.05, 0.1) is 21.3 Å². The van der Waals surface area contributed by atoms with E-state index in [2.05, 4.69) is 21.2 Å². The quantitative estimate of drug-likeness (QED) is 0.635. The highest BCUT2D eigenvalue weighted by molar-refractivity contribution is 9.10. The van der Waals surface area contributed by atoms with E-state index in [9.17, 15) is 0 Å². The Bertz CT molecular complexity index is 533. The maximum Gasteiger partial charge on any atom is 0.161 e. The van der Waals surface area contributed by atoms with Gasteiger partial charge in [-0.25, -0.2) is 0 Å². The number of anilines is 1. The molecule has 2 nitrogen and oxygen atoms in total. The Balaban J connectivity index is 1.80. The van der Waals surface area contributed by atoms with Gasteiger partial charge in [-0.2, -0.15) is 0 Å². The zero-order chi connectivity index (χ0) is 14.2. The van der Waals surface area contributed by atoms with Gasteiger partial charge in [0, 0.05) is 10.2 Å². The third kappa shape index (κ3) is 3.13. The Morgan fingerprint density at radius 3 is 2.45 bits per heavy atom. The van der Waals surface area contributed by atoms with Crippen LogP contribution in [0.1, 0.15) is 32.1 Å². The van der Waals surface area contributed by atoms with E-state index in [0.717, 1.165) is 21.1 Å². The largest absolute Gasteiger partial charge is 0.333 e. The summed E-state index contributed by atoms with van der Waals surface area (Å²) in [5.74, 6) is 1.07. The fourth-order valence-corrected chi connectivity index (χ4v) is 5.28. The van der Waals surface area contributed by atoms with Crippen molar-refractivity contribution in [3.8, 4) is 0 Å². The van der Waals surface area contributed by atoms with E-state index >= 15 is 0 Å². The molecule has 2 aliphatic rings. The number of hydrogen-bond donors (Lipinski definition) is 1. The first-order valence-corrected chi connectivity index (χ1v) is 9.26. The van der Waals surface area contributed by atoms with Crippen molar-refractivity contribution in [1.29, 1.82) is 0 Å². The predicted octanol–water partition coefficient (Wildman–Crippen LogP) is 5.97. The maximum atomic E-state index is 6.25. The second-order valence-corrected chi connectivity index (χ2v) is 8.05. The topological polar surface area (TPSA) is 24.4 Å². The number of nitrogens with zero attached hydrogens (tertiary/aromatic N) is 1. The number of hydrogen-bond acceptors (Lipinski definition) is 3. The normalized spacial score (nSPS) is 21.1. The zero-order valence-corrected chi connectivity index (χ0v) is 14.8. The number of nitrogens with one attached hydrogen (secondary N) is 1. The summed E-state index contributed by atoms with van der Waals surface area (Å²) >= 11 is 17.7. The SMILES string of the molecule is Clc1cc(Br)cc(Cl)c1NC1=NC2(CCCCC2)CS1. The summed E-state index contributed by atoms with van der Waals surface area (Å²) in [6.45, 7) is 0. The summed E-state index contributed by atoms with van der Waals surface area (Å²) < 4.78 is 0.878. The first-order chi connectivity index (χ1) is 9.58. The van der Waals surface area contributed by atoms with Crippen molar-refractivity contribution >= 4 is 61.7 Å². The molecular formula is C14H15BrCl2N2S. The van der Waals surface area contributed by atoms with Crippen molar-refractivity contribution in [2.75, 3.05) is 11.1 Å². The monoisotopic (exact) mass is 392 g/mol. The van der Waals surface area contributed by atoms with Crippen molar-refractivity contribution in [3.63, 3.8) is 0 Å². The van der Waals surface area contributed by atoms with E-state index in [0.29, 0.717) is 10.0 Å². The Morgan fingerprint density at radius 2 is 1.80 bits per heavy atom. The number of amidine groups is 1. The van der Waals surface area contributed by atoms with Crippen LogP contribution in [0.3, 0.4) is 0 Å². The molecule has 1 fully saturated rings. The smallest absolute Gasteiger partial charge is 0.161 e. The molecule has 0 radical (unpaired) electrons. The molecule has 1 aliphatic heterocycles. The fourth-order valence-electron chi connectivity index (χ4n) is 2.78. The highest BCUT2D eigenvalue weighted by atomic mass is 79.9. The van der Waals surface area contributed by atoms with E-state index in [1.165, 1.54) is 32.1 Å². The highest BCUT2D eigenvalue weighted by Gasteiger charge is 2.36. The van der Waals surface area contributed by atoms with Crippen molar-refractivity contribution in [2.45, 2.75) is 37.6 Å². The lowest BCUT2D eigenvalue weighted by Crippen LogP contribution is -2.29. The van der Waals surface area contributed by atoms with Crippen LogP contribution in [-0.4, -0.2) is 16.5 Å². The second-order valence-electron chi connectivity index (χ2n) is 5.36. The van der Waals surface area contributed by atoms with E-state index in [1.807, 2.05) is 12.1 Å². The van der Waals surface area contributed by atoms with Crippen molar-refractivity contribution in [3.05, 3.63) is 26.7 Å². The third-order valence-electron chi connectivity index (χ3n) is 3.84. The van der Waals surface area contributed by atoms with Crippen LogP contribution in [0, 0.1) is 0 Å². The van der Waals surface area contributed by atoms with Gasteiger partial charge in [0.1, 0.15) is 0 Å². The van der Waals surface area contributed by atoms with Gasteiger partial charge in [0.2, 0.25) is 0 Å². The lowest BCUT2D eigenvalue weighted by atomic mass is 9.84. The van der Waals surface area contributed by atoms with Crippen LogP contribution < -0.4 is 5.32 Å². The van der Waals surface area contributed by atoms with Crippen LogP contribution in [0.25, 0.3) is 0 Å². The number of rotatable bonds is 1. The summed E-state index contributed by atoms with van der Waals surface area (Å²) in [6, 6.07) is 3.68. The molecule has 0 saturated heterocycles. The van der Waals surface area contributed by atoms with Gasteiger partial charge in [-0.05, 0) is 25.0 Å². The number of thioether (sulfide) groups is 1. The lowest BCUT2D eigenvalue weighted by molar-refractivity contribution is 0.335. The first-order valence-electron chi connectivity index (χ1n) is 6.72. The molecule has 1 N–H and O–H groups in total. The van der Waals surface area contributed by atoms with Gasteiger partial charge < -0.3 is 5.32 Å². The molecule has 1 heterocycles. The summed E-state index contributed by atoms with van der Waals surface area (Å²) in [4.78, 5) is 4.92. The van der Waals surface area contributed by atoms with Gasteiger partial charge in [-0.15, -0.1) is 0 Å². The van der Waals surface area contributed by atoms with Crippen molar-refractivity contribution < 1.29 is 0 Å². The molecule has 1 aliphatic carbocycles. The van der Waals surface area contributed by atoms with Crippen LogP contribution in [0.2, 0.25) is 10.0 Å². The lowest BCUT2D eigenvalue weighted by Gasteiger charge is -2.29. The summed E-state index contributed by atoms with van der Waals surface area (Å²) in [5, 5.41) is 5.46. The van der Waals surface area contributed by atoms with E-state index in [1.54, 1.807) is 11.8 Å². The Labute approximate surface area is 141 Å². The Kier molecular flexibility index (Phi) is 4.56. The minimum Gasteiger partial charge on any atom is -0.333 e. The second kappa shape index (κ2) is 6.07. The van der Waals surface area contributed by atoms with Gasteiger partial charge in [-0.1, -0.05) is 70.2 Å². The average molecular weight is 394 g/mol. The standard InChI is InChI=1S/C14H15BrCl2N2S/c15-9-6-10(16)12(11(17)7-9)18-13-19-14(8-20-13)4-2-1-3-5-14/h6-7H,1-5,8H2,(H,18,19). The number of halogens is 3. The van der Waals surface area contributed by atoms with Gasteiger partial charge >= 0.3 is 0 Å². The van der Waals surface area contributed by atoms with Crippen molar-refractivity contribution in [2.24, 2.45) is 4.99 Å². The molecule has 0 amide bonds. The maximum absolute atomic E-state index is 6.25. The number of aliphatic imine (C=N–C) groups is 1. The molecule has 20 heavy (non-hydrogen) atoms. The van der Waals surface area contributed by atoms with Gasteiger partial charge in [-0.3, -0.25) is 4.99 Å². The first kappa shape index (κ1) is 15.0. The molecule has 1 saturated carbocycles. The molecule has 1 spiro atoms. The third-order valence-corrected chi connectivity index (χ3v) is 6.04. The van der Waals surface area contributed by atoms with E-state index < -0.39 is 0 Å². The highest BCUT2D eigenvalue weighted by Crippen LogP contribution is 2.41. The van der Waals surface area contributed by atoms with Crippen LogP contribution in [0.15, 0.2) is 21.6 Å². The average Bonchev–Trinajstić information content (AvgIpc) is 2.77. The van der Waals surface area contributed by atoms with Crippen molar-refractivity contribution in [1.82, 2.24) is 0 Å². The Hall–Kier alpha value is 0.1000. The van der Waals surface area contributed by atoms with Crippen LogP contribution in [-0.2, 0) is 0 Å². The van der Waals surface area contributed by atoms with Gasteiger partial charge in [0.15, 0.2) is 5.17 Å². The molecule has 0 bridgehead atoms. The van der Waals surface area contributed by atoms with Crippen LogP contribution in [0.5, 0.6) is 0 Å². The molecule has 1 aromatic carbocycles. The zero-order valence-electron chi connectivity index (χ0n) is 10.9. The van der Waals surface area contributed by atoms with Gasteiger partial charge in [0.25, 0.3) is 0 Å². The minimum absolute atomic E-state index is 0.152. The molecule has 3 rings (SSSR count). The van der Waals surface area contributed by atoms with Crippen LogP contribution in [0.4, 0.5) is 5.69 Å². The summed E-state index contributed by atoms with van der Waals surface area (Å²) in [6.07, 6.45) is 6.32. The predicted molar refractivity (Wildman–Crippen MR) is 93.5 cm³/mol. The Morgan fingerprint density at radius 1 is 1.15 bits per heavy atom. The van der Waals surface area contributed by atoms with Crippen LogP contribution >= 0.6 is 50.9 Å². The molecule has 0 atom stereocenters. The van der Waals surface area contributed by atoms with E-state index in [4.69, 9.17) is 28.2 Å². The molecule has 108 valence electrons. The number of benzene rings is 1. The molecule has 0 unspecified atom stereocenters. The molecular weight excluding hydrogens is 379 g/mol. The molecule has 1 aromatic rings. The fraction of sp³-hybridized carbons (Fsp3) is 0.500. The molecule has 0 aromatic heterocycles. The molecule has 6 heteroatoms. The summed E-state index contributed by atoms with van der Waals surface area (Å²) in [5.41, 5.74) is 0.898. The summed E-state index contributed by atoms with van der Waals surface area (Å²) in [7, 11) is 0. The van der Waals surface area contributed by atoms with E-state index in [-0.39, 0.29) is 5.54 Å².